The zero-order valence-corrected chi connectivity index (χ0v) is 16.5. The molecule has 0 saturated carbocycles. The molecule has 0 amide bonds. The predicted octanol–water partition coefficient (Wildman–Crippen LogP) is 4.12. The Bertz CT molecular complexity index is 1070. The molecule has 4 heterocycles. The van der Waals surface area contributed by atoms with E-state index in [9.17, 15) is 4.79 Å². The number of methoxy groups -OCH3 is 1. The largest absolute Gasteiger partial charge is 0.497 e. The second kappa shape index (κ2) is 6.83. The van der Waals surface area contributed by atoms with E-state index in [-0.39, 0.29) is 30.0 Å². The van der Waals surface area contributed by atoms with E-state index in [1.165, 1.54) is 23.8 Å². The average Bonchev–Trinajstić information content (AvgIpc) is 3.11. The minimum absolute atomic E-state index is 0.0740. The lowest BCUT2D eigenvalue weighted by molar-refractivity contribution is -0.139. The zero-order valence-electron chi connectivity index (χ0n) is 16.5. The maximum atomic E-state index is 12.3. The molecule has 0 aliphatic carbocycles. The number of ether oxygens (including phenoxy) is 2. The molecule has 8 nitrogen and oxygen atoms in total. The Morgan fingerprint density at radius 3 is 3.10 bits per heavy atom. The van der Waals surface area contributed by atoms with E-state index in [0.29, 0.717) is 11.3 Å². The summed E-state index contributed by atoms with van der Waals surface area (Å²) >= 11 is 0. The quantitative estimate of drug-likeness (QED) is 0.359. The van der Waals surface area contributed by atoms with Gasteiger partial charge in [-0.2, -0.15) is 0 Å². The predicted molar refractivity (Wildman–Crippen MR) is 107 cm³/mol. The number of piperidine rings is 1. The van der Waals surface area contributed by atoms with Crippen molar-refractivity contribution in [2.75, 3.05) is 20.2 Å². The van der Waals surface area contributed by atoms with Crippen LogP contribution in [0.1, 0.15) is 30.6 Å². The number of nitrogens with zero attached hydrogens (tertiary/aromatic N) is 4. The Kier molecular flexibility index (Phi) is 4.26. The van der Waals surface area contributed by atoms with Crippen LogP contribution in [-0.4, -0.2) is 42.2 Å². The number of rotatable bonds is 2. The van der Waals surface area contributed by atoms with Gasteiger partial charge in [0.15, 0.2) is 0 Å². The minimum atomic E-state index is -0.299. The Morgan fingerprint density at radius 2 is 2.31 bits per heavy atom. The molecule has 1 fully saturated rings. The molecular weight excluding hydrogens is 370 g/mol. The average molecular weight is 393 g/mol. The fourth-order valence-electron chi connectivity index (χ4n) is 5.34. The van der Waals surface area contributed by atoms with E-state index in [2.05, 4.69) is 26.8 Å². The smallest absolute Gasteiger partial charge is 0.337 e. The first-order chi connectivity index (χ1) is 14.1. The van der Waals surface area contributed by atoms with E-state index >= 15 is 0 Å². The van der Waals surface area contributed by atoms with Gasteiger partial charge in [0, 0.05) is 52.1 Å². The normalized spacial score (nSPS) is 28.3. The molecule has 4 atom stereocenters. The van der Waals surface area contributed by atoms with Gasteiger partial charge in [-0.3, -0.25) is 4.90 Å². The van der Waals surface area contributed by atoms with Crippen molar-refractivity contribution >= 4 is 22.6 Å². The summed E-state index contributed by atoms with van der Waals surface area (Å²) in [7, 11) is 1.42. The van der Waals surface area contributed by atoms with Gasteiger partial charge >= 0.3 is 5.97 Å². The van der Waals surface area contributed by atoms with Crippen LogP contribution in [-0.2, 0) is 20.7 Å². The number of benzene rings is 1. The lowest BCUT2D eigenvalue weighted by atomic mass is 9.72. The second-order valence-corrected chi connectivity index (χ2v) is 8.11. The van der Waals surface area contributed by atoms with Crippen molar-refractivity contribution in [3.8, 4) is 0 Å². The van der Waals surface area contributed by atoms with Gasteiger partial charge in [0.1, 0.15) is 0 Å². The third-order valence-electron chi connectivity index (χ3n) is 6.78. The maximum absolute atomic E-state index is 12.3. The van der Waals surface area contributed by atoms with E-state index in [0.717, 1.165) is 31.4 Å². The molecule has 0 bridgehead atoms. The third-order valence-corrected chi connectivity index (χ3v) is 6.78. The number of carbonyl (C=O) groups excluding carboxylic acids is 1. The number of azide groups is 1. The number of hydrogen-bond donors (Lipinski definition) is 1. The summed E-state index contributed by atoms with van der Waals surface area (Å²) in [5, 5.41) is 4.91. The number of aromatic nitrogens is 1. The summed E-state index contributed by atoms with van der Waals surface area (Å²) in [4.78, 5) is 21.3. The molecule has 0 spiro atoms. The highest BCUT2D eigenvalue weighted by Gasteiger charge is 2.46. The lowest BCUT2D eigenvalue weighted by Crippen LogP contribution is -2.51. The van der Waals surface area contributed by atoms with Crippen LogP contribution in [0.5, 0.6) is 0 Å². The molecule has 1 saturated heterocycles. The summed E-state index contributed by atoms with van der Waals surface area (Å²) in [6.07, 6.45) is 3.50. The number of nitrogens with one attached hydrogen (secondary N) is 1. The molecule has 150 valence electrons. The van der Waals surface area contributed by atoms with Crippen molar-refractivity contribution in [1.82, 2.24) is 9.88 Å². The SMILES string of the molecule is COC(=O)C1=CO[C@@H](C)[C@H]2CN3CCc4c([nH]c5cc(N=[N+]=[N-])ccc45)[C@@H]3C[C@H]12. The van der Waals surface area contributed by atoms with E-state index in [4.69, 9.17) is 15.0 Å². The summed E-state index contributed by atoms with van der Waals surface area (Å²) < 4.78 is 10.8. The molecule has 5 rings (SSSR count). The number of esters is 1. The minimum Gasteiger partial charge on any atom is -0.497 e. The van der Waals surface area contributed by atoms with Crippen molar-refractivity contribution < 1.29 is 14.3 Å². The molecule has 1 aromatic heterocycles. The van der Waals surface area contributed by atoms with Crippen molar-refractivity contribution in [3.05, 3.63) is 51.7 Å². The highest BCUT2D eigenvalue weighted by molar-refractivity contribution is 5.89. The van der Waals surface area contributed by atoms with E-state index in [1.807, 2.05) is 18.2 Å². The van der Waals surface area contributed by atoms with E-state index in [1.54, 1.807) is 6.26 Å². The lowest BCUT2D eigenvalue weighted by Gasteiger charge is -2.49. The van der Waals surface area contributed by atoms with Crippen molar-refractivity contribution in [1.29, 1.82) is 0 Å². The monoisotopic (exact) mass is 393 g/mol. The third kappa shape index (κ3) is 2.79. The van der Waals surface area contributed by atoms with Gasteiger partial charge in [0.25, 0.3) is 0 Å². The van der Waals surface area contributed by atoms with Crippen molar-refractivity contribution in [2.45, 2.75) is 31.9 Å². The van der Waals surface area contributed by atoms with Crippen molar-refractivity contribution in [3.63, 3.8) is 0 Å². The van der Waals surface area contributed by atoms with Crippen LogP contribution in [0.25, 0.3) is 21.3 Å². The first kappa shape index (κ1) is 18.1. The molecule has 2 aromatic rings. The summed E-state index contributed by atoms with van der Waals surface area (Å²) in [6.45, 7) is 3.96. The molecular formula is C21H23N5O3. The van der Waals surface area contributed by atoms with Crippen LogP contribution < -0.4 is 0 Å². The number of aromatic amines is 1. The second-order valence-electron chi connectivity index (χ2n) is 8.11. The fourth-order valence-corrected chi connectivity index (χ4v) is 5.34. The number of hydrogen-bond acceptors (Lipinski definition) is 5. The molecule has 1 N–H and O–H groups in total. The molecule has 3 aliphatic heterocycles. The van der Waals surface area contributed by atoms with Gasteiger partial charge < -0.3 is 14.5 Å². The molecule has 8 heteroatoms. The topological polar surface area (TPSA) is 103 Å². The molecule has 0 unspecified atom stereocenters. The van der Waals surface area contributed by atoms with Gasteiger partial charge in [-0.1, -0.05) is 17.2 Å². The van der Waals surface area contributed by atoms with Crippen molar-refractivity contribution in [2.24, 2.45) is 17.0 Å². The van der Waals surface area contributed by atoms with Gasteiger partial charge in [0.05, 0.1) is 31.1 Å². The fraction of sp³-hybridized carbons (Fsp3) is 0.476. The Labute approximate surface area is 168 Å². The molecule has 0 radical (unpaired) electrons. The standard InChI is InChI=1S/C21H23N5O3/c1-11-16-9-26-6-5-14-13-4-3-12(24-25-22)7-18(13)23-20(14)19(26)8-15(16)17(10-29-11)21(27)28-2/h3-4,7,10-11,15-16,19,23H,5-6,8-9H2,1-2H3/t11-,15-,16+,19-/m0/s1. The Balaban J connectivity index is 1.54. The van der Waals surface area contributed by atoms with Crippen LogP contribution in [0.3, 0.4) is 0 Å². The van der Waals surface area contributed by atoms with Crippen LogP contribution in [0.15, 0.2) is 35.1 Å². The number of H-pyrrole nitrogens is 1. The molecule has 29 heavy (non-hydrogen) atoms. The van der Waals surface area contributed by atoms with Gasteiger partial charge in [-0.15, -0.1) is 0 Å². The number of fused-ring (bicyclic) bond motifs is 6. The van der Waals surface area contributed by atoms with Crippen LogP contribution in [0.2, 0.25) is 0 Å². The molecule has 1 aromatic carbocycles. The van der Waals surface area contributed by atoms with Gasteiger partial charge in [-0.25, -0.2) is 4.79 Å². The summed E-state index contributed by atoms with van der Waals surface area (Å²) in [5.41, 5.74) is 13.5. The Morgan fingerprint density at radius 1 is 1.45 bits per heavy atom. The van der Waals surface area contributed by atoms with Crippen LogP contribution in [0, 0.1) is 11.8 Å². The van der Waals surface area contributed by atoms with Gasteiger partial charge in [0.2, 0.25) is 0 Å². The van der Waals surface area contributed by atoms with Crippen LogP contribution in [0.4, 0.5) is 5.69 Å². The van der Waals surface area contributed by atoms with Crippen LogP contribution >= 0.6 is 0 Å². The highest BCUT2D eigenvalue weighted by atomic mass is 16.5. The van der Waals surface area contributed by atoms with E-state index < -0.39 is 0 Å². The summed E-state index contributed by atoms with van der Waals surface area (Å²) in [5.74, 6) is 0.0865. The summed E-state index contributed by atoms with van der Waals surface area (Å²) in [6, 6.07) is 6.01. The maximum Gasteiger partial charge on any atom is 0.337 e. The van der Waals surface area contributed by atoms with Gasteiger partial charge in [-0.05, 0) is 36.9 Å². The zero-order chi connectivity index (χ0) is 20.1. The highest BCUT2D eigenvalue weighted by Crippen LogP contribution is 2.47. The molecule has 3 aliphatic rings. The number of carbonyl (C=O) groups is 1. The first-order valence-electron chi connectivity index (χ1n) is 9.98. The first-order valence-corrected chi connectivity index (χ1v) is 9.98. The Hall–Kier alpha value is -2.96.